The summed E-state index contributed by atoms with van der Waals surface area (Å²) in [6.45, 7) is 1.07. The van der Waals surface area contributed by atoms with E-state index in [0.717, 1.165) is 13.0 Å². The highest BCUT2D eigenvalue weighted by Gasteiger charge is 2.14. The van der Waals surface area contributed by atoms with Gasteiger partial charge in [0.15, 0.2) is 5.69 Å². The molecule has 2 aromatic rings. The lowest BCUT2D eigenvalue weighted by molar-refractivity contribution is 0.411. The number of rotatable bonds is 3. The summed E-state index contributed by atoms with van der Waals surface area (Å²) in [6, 6.07) is 8.21. The second-order valence-corrected chi connectivity index (χ2v) is 5.12. The van der Waals surface area contributed by atoms with Crippen molar-refractivity contribution in [1.29, 1.82) is 0 Å². The first-order valence-electron chi connectivity index (χ1n) is 7.08. The molecule has 22 heavy (non-hydrogen) atoms. The van der Waals surface area contributed by atoms with E-state index in [-0.39, 0.29) is 24.0 Å². The Morgan fingerprint density at radius 1 is 1.23 bits per heavy atom. The molecule has 7 heteroatoms. The molecule has 0 bridgehead atoms. The third kappa shape index (κ3) is 3.58. The molecule has 0 radical (unpaired) electrons. The zero-order valence-corrected chi connectivity index (χ0v) is 12.9. The van der Waals surface area contributed by atoms with Crippen molar-refractivity contribution in [2.45, 2.75) is 25.3 Å². The smallest absolute Gasteiger partial charge is 0.277 e. The molecule has 1 fully saturated rings. The Labute approximate surface area is 134 Å². The largest absolute Gasteiger partial charge is 0.437 e. The van der Waals surface area contributed by atoms with E-state index in [1.807, 2.05) is 24.3 Å². The maximum Gasteiger partial charge on any atom is 0.277 e. The second-order valence-electron chi connectivity index (χ2n) is 5.12. The normalized spacial score (nSPS) is 17.5. The molecular weight excluding hydrogens is 304 g/mol. The number of hydrogen-bond acceptors (Lipinski definition) is 5. The fourth-order valence-corrected chi connectivity index (χ4v) is 2.49. The number of nitrogen functional groups attached to an aromatic ring is 1. The van der Waals surface area contributed by atoms with Crippen LogP contribution in [-0.2, 0) is 0 Å². The van der Waals surface area contributed by atoms with Crippen molar-refractivity contribution in [3.8, 4) is 11.6 Å². The van der Waals surface area contributed by atoms with Crippen molar-refractivity contribution in [3.05, 3.63) is 46.5 Å². The lowest BCUT2D eigenvalue weighted by Crippen LogP contribution is -2.26. The van der Waals surface area contributed by atoms with E-state index < -0.39 is 5.56 Å². The first-order chi connectivity index (χ1) is 10.2. The molecule has 0 saturated carbocycles. The quantitative estimate of drug-likeness (QED) is 0.806. The molecular formula is C15H19ClN4O2. The highest BCUT2D eigenvalue weighted by Crippen LogP contribution is 2.27. The predicted molar refractivity (Wildman–Crippen MR) is 87.6 cm³/mol. The van der Waals surface area contributed by atoms with Gasteiger partial charge in [0.1, 0.15) is 5.75 Å². The number of nitrogens with two attached hydrogens (primary N) is 1. The summed E-state index contributed by atoms with van der Waals surface area (Å²) in [5, 5.41) is 3.50. The summed E-state index contributed by atoms with van der Waals surface area (Å²) < 4.78 is 5.56. The van der Waals surface area contributed by atoms with E-state index in [0.29, 0.717) is 11.8 Å². The van der Waals surface area contributed by atoms with Crippen LogP contribution in [0.5, 0.6) is 11.6 Å². The van der Waals surface area contributed by atoms with E-state index in [4.69, 9.17) is 10.5 Å². The molecule has 0 aliphatic carbocycles. The molecule has 1 atom stereocenters. The van der Waals surface area contributed by atoms with Gasteiger partial charge in [0.2, 0.25) is 5.88 Å². The number of H-pyrrole nitrogens is 1. The molecule has 1 aromatic heterocycles. The molecule has 1 aromatic carbocycles. The van der Waals surface area contributed by atoms with Crippen molar-refractivity contribution >= 4 is 18.1 Å². The Bertz CT molecular complexity index is 666. The fraction of sp³-hybridized carbons (Fsp3) is 0.333. The van der Waals surface area contributed by atoms with Gasteiger partial charge in [-0.25, -0.2) is 4.98 Å². The standard InChI is InChI=1S/C15H18N4O2.ClH/c16-13-14(20)18-9-19-15(13)21-11-6-4-10(5-7-11)12-3-1-2-8-17-12;/h4-7,9,12,17H,1-3,8,16H2,(H,18,19,20);1H. The number of nitrogens with one attached hydrogen (secondary N) is 2. The van der Waals surface area contributed by atoms with Crippen LogP contribution in [0.25, 0.3) is 0 Å². The Balaban J connectivity index is 0.00000176. The van der Waals surface area contributed by atoms with Crippen LogP contribution in [0.1, 0.15) is 30.9 Å². The summed E-state index contributed by atoms with van der Waals surface area (Å²) in [5.41, 5.74) is 6.46. The molecule has 1 saturated heterocycles. The van der Waals surface area contributed by atoms with Crippen LogP contribution in [0.3, 0.4) is 0 Å². The number of halogens is 1. The SMILES string of the molecule is Cl.Nc1c(Oc2ccc(C3CCCCN3)cc2)nc[nH]c1=O. The van der Waals surface area contributed by atoms with E-state index in [1.165, 1.54) is 24.7 Å². The van der Waals surface area contributed by atoms with Crippen molar-refractivity contribution in [2.75, 3.05) is 12.3 Å². The number of nitrogens with zero attached hydrogens (tertiary/aromatic N) is 1. The van der Waals surface area contributed by atoms with E-state index in [2.05, 4.69) is 15.3 Å². The predicted octanol–water partition coefficient (Wildman–Crippen LogP) is 2.38. The molecule has 3 rings (SSSR count). The van der Waals surface area contributed by atoms with Gasteiger partial charge in [-0.2, -0.15) is 0 Å². The Hall–Kier alpha value is -2.05. The molecule has 1 aliphatic heterocycles. The highest BCUT2D eigenvalue weighted by atomic mass is 35.5. The van der Waals surface area contributed by atoms with Gasteiger partial charge in [-0.15, -0.1) is 12.4 Å². The fourth-order valence-electron chi connectivity index (χ4n) is 2.49. The molecule has 2 heterocycles. The monoisotopic (exact) mass is 322 g/mol. The number of ether oxygens (including phenoxy) is 1. The third-order valence-electron chi connectivity index (χ3n) is 3.66. The Morgan fingerprint density at radius 3 is 2.68 bits per heavy atom. The van der Waals surface area contributed by atoms with Crippen LogP contribution in [0.15, 0.2) is 35.4 Å². The van der Waals surface area contributed by atoms with Crippen LogP contribution in [0.2, 0.25) is 0 Å². The third-order valence-corrected chi connectivity index (χ3v) is 3.66. The van der Waals surface area contributed by atoms with Gasteiger partial charge in [0.25, 0.3) is 5.56 Å². The van der Waals surface area contributed by atoms with Crippen LogP contribution in [0.4, 0.5) is 5.69 Å². The molecule has 4 N–H and O–H groups in total. The van der Waals surface area contributed by atoms with E-state index in [1.54, 1.807) is 0 Å². The van der Waals surface area contributed by atoms with Crippen molar-refractivity contribution in [3.63, 3.8) is 0 Å². The number of anilines is 1. The number of aromatic amines is 1. The second kappa shape index (κ2) is 7.29. The first-order valence-corrected chi connectivity index (χ1v) is 7.08. The first kappa shape index (κ1) is 16.3. The number of aromatic nitrogens is 2. The Morgan fingerprint density at radius 2 is 2.00 bits per heavy atom. The minimum absolute atomic E-state index is 0. The van der Waals surface area contributed by atoms with Gasteiger partial charge < -0.3 is 20.8 Å². The summed E-state index contributed by atoms with van der Waals surface area (Å²) >= 11 is 0. The molecule has 118 valence electrons. The molecule has 6 nitrogen and oxygen atoms in total. The maximum absolute atomic E-state index is 11.4. The van der Waals surface area contributed by atoms with Crippen LogP contribution >= 0.6 is 12.4 Å². The van der Waals surface area contributed by atoms with Gasteiger partial charge >= 0.3 is 0 Å². The van der Waals surface area contributed by atoms with Gasteiger partial charge in [-0.3, -0.25) is 4.79 Å². The number of piperidine rings is 1. The van der Waals surface area contributed by atoms with Crippen molar-refractivity contribution < 1.29 is 4.74 Å². The molecule has 0 amide bonds. The van der Waals surface area contributed by atoms with Crippen LogP contribution in [-0.4, -0.2) is 16.5 Å². The summed E-state index contributed by atoms with van der Waals surface area (Å²) in [5.74, 6) is 0.738. The molecule has 0 spiro atoms. The number of benzene rings is 1. The Kier molecular flexibility index (Phi) is 5.41. The summed E-state index contributed by atoms with van der Waals surface area (Å²) in [4.78, 5) is 17.7. The van der Waals surface area contributed by atoms with Gasteiger partial charge in [-0.1, -0.05) is 18.6 Å². The van der Waals surface area contributed by atoms with Crippen molar-refractivity contribution in [2.24, 2.45) is 0 Å². The maximum atomic E-state index is 11.4. The lowest BCUT2D eigenvalue weighted by atomic mass is 9.98. The topological polar surface area (TPSA) is 93.0 Å². The lowest BCUT2D eigenvalue weighted by Gasteiger charge is -2.23. The number of hydrogen-bond donors (Lipinski definition) is 3. The zero-order valence-electron chi connectivity index (χ0n) is 12.0. The van der Waals surface area contributed by atoms with E-state index >= 15 is 0 Å². The van der Waals surface area contributed by atoms with Crippen molar-refractivity contribution in [1.82, 2.24) is 15.3 Å². The highest BCUT2D eigenvalue weighted by molar-refractivity contribution is 5.85. The molecule has 1 aliphatic rings. The minimum atomic E-state index is -0.400. The van der Waals surface area contributed by atoms with Gasteiger partial charge in [-0.05, 0) is 37.1 Å². The van der Waals surface area contributed by atoms with Crippen LogP contribution < -0.4 is 21.3 Å². The average Bonchev–Trinajstić information content (AvgIpc) is 2.53. The van der Waals surface area contributed by atoms with Gasteiger partial charge in [0, 0.05) is 6.04 Å². The van der Waals surface area contributed by atoms with Gasteiger partial charge in [0.05, 0.1) is 6.33 Å². The van der Waals surface area contributed by atoms with Crippen LogP contribution in [0, 0.1) is 0 Å². The minimum Gasteiger partial charge on any atom is -0.437 e. The average molecular weight is 323 g/mol. The molecule has 1 unspecified atom stereocenters. The summed E-state index contributed by atoms with van der Waals surface area (Å²) in [7, 11) is 0. The van der Waals surface area contributed by atoms with E-state index in [9.17, 15) is 4.79 Å². The summed E-state index contributed by atoms with van der Waals surface area (Å²) in [6.07, 6.45) is 4.92. The zero-order chi connectivity index (χ0) is 14.7.